The molecule has 6 heteroatoms. The predicted octanol–water partition coefficient (Wildman–Crippen LogP) is 2.14. The lowest BCUT2D eigenvalue weighted by Gasteiger charge is -2.26. The van der Waals surface area contributed by atoms with Crippen LogP contribution in [0.25, 0.3) is 0 Å². The third-order valence-corrected chi connectivity index (χ3v) is 3.14. The van der Waals surface area contributed by atoms with E-state index in [1.54, 1.807) is 12.1 Å². The first-order valence-electron chi connectivity index (χ1n) is 4.47. The highest BCUT2D eigenvalue weighted by atomic mass is 35.5. The Labute approximate surface area is 102 Å². The molecule has 2 rings (SSSR count). The molecular formula is C10H9Cl2NO3. The number of halogens is 2. The number of nitrogens with one attached hydrogen (secondary N) is 1. The van der Waals surface area contributed by atoms with Crippen LogP contribution in [0.3, 0.4) is 0 Å². The Morgan fingerprint density at radius 1 is 1.19 bits per heavy atom. The van der Waals surface area contributed by atoms with Crippen LogP contribution in [0.5, 0.6) is 0 Å². The van der Waals surface area contributed by atoms with Gasteiger partial charge in [0.2, 0.25) is 0 Å². The lowest BCUT2D eigenvalue weighted by atomic mass is 10.1. The summed E-state index contributed by atoms with van der Waals surface area (Å²) in [6.07, 6.45) is 0. The van der Waals surface area contributed by atoms with Crippen molar-refractivity contribution >= 4 is 29.1 Å². The summed E-state index contributed by atoms with van der Waals surface area (Å²) in [5, 5.41) is 3.24. The predicted molar refractivity (Wildman–Crippen MR) is 59.6 cm³/mol. The maximum Gasteiger partial charge on any atom is 0.282 e. The molecule has 4 nitrogen and oxygen atoms in total. The van der Waals surface area contributed by atoms with Crippen LogP contribution in [-0.2, 0) is 15.4 Å². The maximum atomic E-state index is 11.8. The van der Waals surface area contributed by atoms with E-state index in [0.717, 1.165) is 0 Å². The van der Waals surface area contributed by atoms with Gasteiger partial charge in [0, 0.05) is 14.2 Å². The van der Waals surface area contributed by atoms with Crippen molar-refractivity contribution in [2.45, 2.75) is 5.91 Å². The highest BCUT2D eigenvalue weighted by molar-refractivity contribution is 6.37. The first-order valence-corrected chi connectivity index (χ1v) is 5.22. The quantitative estimate of drug-likeness (QED) is 0.830. The third kappa shape index (κ3) is 1.42. The van der Waals surface area contributed by atoms with Crippen LogP contribution in [0.15, 0.2) is 12.1 Å². The molecule has 1 aromatic carbocycles. The summed E-state index contributed by atoms with van der Waals surface area (Å²) in [5.74, 6) is -1.72. The van der Waals surface area contributed by atoms with Gasteiger partial charge in [0.25, 0.3) is 11.8 Å². The van der Waals surface area contributed by atoms with E-state index in [2.05, 4.69) is 5.32 Å². The van der Waals surface area contributed by atoms with E-state index in [0.29, 0.717) is 15.6 Å². The van der Waals surface area contributed by atoms with Crippen LogP contribution in [0.1, 0.15) is 15.9 Å². The summed E-state index contributed by atoms with van der Waals surface area (Å²) < 4.78 is 10.4. The van der Waals surface area contributed by atoms with Gasteiger partial charge in [0.1, 0.15) is 0 Å². The van der Waals surface area contributed by atoms with Crippen molar-refractivity contribution in [1.82, 2.24) is 5.32 Å². The number of carbonyl (C=O) groups excluding carboxylic acids is 1. The van der Waals surface area contributed by atoms with Crippen LogP contribution >= 0.6 is 23.2 Å². The number of rotatable bonds is 2. The minimum Gasteiger partial charge on any atom is -0.332 e. The molecule has 1 aliphatic heterocycles. The lowest BCUT2D eigenvalue weighted by Crippen LogP contribution is -2.42. The van der Waals surface area contributed by atoms with Crippen molar-refractivity contribution in [3.8, 4) is 0 Å². The number of ether oxygens (including phenoxy) is 2. The molecule has 0 aromatic heterocycles. The molecule has 0 unspecified atom stereocenters. The average molecular weight is 262 g/mol. The van der Waals surface area contributed by atoms with Crippen molar-refractivity contribution < 1.29 is 14.3 Å². The molecule has 86 valence electrons. The van der Waals surface area contributed by atoms with Crippen LogP contribution in [-0.4, -0.2) is 20.1 Å². The van der Waals surface area contributed by atoms with Gasteiger partial charge in [-0.3, -0.25) is 10.1 Å². The van der Waals surface area contributed by atoms with Gasteiger partial charge >= 0.3 is 0 Å². The number of methoxy groups -OCH3 is 2. The largest absolute Gasteiger partial charge is 0.332 e. The Kier molecular flexibility index (Phi) is 2.84. The maximum absolute atomic E-state index is 11.8. The Bertz CT molecular complexity index is 458. The average Bonchev–Trinajstić information content (AvgIpc) is 2.59. The van der Waals surface area contributed by atoms with Gasteiger partial charge in [0.05, 0.1) is 21.2 Å². The number of benzene rings is 1. The molecule has 16 heavy (non-hydrogen) atoms. The lowest BCUT2D eigenvalue weighted by molar-refractivity contribution is -0.225. The van der Waals surface area contributed by atoms with Gasteiger partial charge < -0.3 is 9.47 Å². The molecule has 0 fully saturated rings. The zero-order valence-electron chi connectivity index (χ0n) is 8.64. The van der Waals surface area contributed by atoms with Crippen LogP contribution in [0, 0.1) is 0 Å². The fourth-order valence-electron chi connectivity index (χ4n) is 1.76. The molecule has 0 spiro atoms. The summed E-state index contributed by atoms with van der Waals surface area (Å²) in [6, 6.07) is 3.15. The van der Waals surface area contributed by atoms with Crippen LogP contribution in [0.4, 0.5) is 0 Å². The van der Waals surface area contributed by atoms with Gasteiger partial charge in [-0.05, 0) is 12.1 Å². The smallest absolute Gasteiger partial charge is 0.282 e. The Balaban J connectivity index is 2.74. The minimum absolute atomic E-state index is 0.290. The first-order chi connectivity index (χ1) is 7.55. The highest BCUT2D eigenvalue weighted by Crippen LogP contribution is 2.40. The monoisotopic (exact) mass is 261 g/mol. The number of hydrogen-bond acceptors (Lipinski definition) is 3. The molecule has 0 aliphatic carbocycles. The number of fused-ring (bicyclic) bond motifs is 1. The molecule has 0 bridgehead atoms. The van der Waals surface area contributed by atoms with E-state index in [1.807, 2.05) is 0 Å². The molecule has 0 atom stereocenters. The first kappa shape index (κ1) is 11.7. The summed E-state index contributed by atoms with van der Waals surface area (Å²) in [7, 11) is 2.83. The van der Waals surface area contributed by atoms with E-state index < -0.39 is 5.91 Å². The van der Waals surface area contributed by atoms with E-state index in [4.69, 9.17) is 32.7 Å². The summed E-state index contributed by atoms with van der Waals surface area (Å²) in [5.41, 5.74) is 0.703. The fraction of sp³-hybridized carbons (Fsp3) is 0.300. The Morgan fingerprint density at radius 3 is 2.31 bits per heavy atom. The normalized spacial score (nSPS) is 17.1. The van der Waals surface area contributed by atoms with E-state index >= 15 is 0 Å². The highest BCUT2D eigenvalue weighted by Gasteiger charge is 2.47. The fourth-order valence-corrected chi connectivity index (χ4v) is 2.28. The molecule has 1 amide bonds. The van der Waals surface area contributed by atoms with Gasteiger partial charge in [-0.15, -0.1) is 0 Å². The second-order valence-corrected chi connectivity index (χ2v) is 4.07. The Hall–Kier alpha value is -0.810. The third-order valence-electron chi connectivity index (χ3n) is 2.51. The molecule has 0 saturated carbocycles. The van der Waals surface area contributed by atoms with E-state index in [1.165, 1.54) is 14.2 Å². The second kappa shape index (κ2) is 3.89. The number of hydrogen-bond donors (Lipinski definition) is 1. The van der Waals surface area contributed by atoms with Crippen molar-refractivity contribution in [2.75, 3.05) is 14.2 Å². The topological polar surface area (TPSA) is 47.6 Å². The van der Waals surface area contributed by atoms with Crippen LogP contribution in [0.2, 0.25) is 10.0 Å². The molecule has 1 aromatic rings. The zero-order chi connectivity index (χ0) is 11.9. The summed E-state index contributed by atoms with van der Waals surface area (Å²) in [6.45, 7) is 0. The van der Waals surface area contributed by atoms with Crippen molar-refractivity contribution in [1.29, 1.82) is 0 Å². The van der Waals surface area contributed by atoms with E-state index in [-0.39, 0.29) is 11.5 Å². The standard InChI is InChI=1S/C10H9Cl2NO3/c1-15-10(16-2)8-6(12)4-3-5(11)7(8)9(14)13-10/h3-4H,1-2H3,(H,13,14). The molecular weight excluding hydrogens is 253 g/mol. The summed E-state index contributed by atoms with van der Waals surface area (Å²) >= 11 is 12.0. The minimum atomic E-state index is -1.35. The van der Waals surface area contributed by atoms with Gasteiger partial charge in [-0.1, -0.05) is 23.2 Å². The van der Waals surface area contributed by atoms with Crippen molar-refractivity contribution in [3.05, 3.63) is 33.3 Å². The molecule has 0 saturated heterocycles. The van der Waals surface area contributed by atoms with Crippen molar-refractivity contribution in [3.63, 3.8) is 0 Å². The number of amides is 1. The van der Waals surface area contributed by atoms with Crippen molar-refractivity contribution in [2.24, 2.45) is 0 Å². The van der Waals surface area contributed by atoms with Gasteiger partial charge in [0.15, 0.2) is 0 Å². The second-order valence-electron chi connectivity index (χ2n) is 3.26. The molecule has 1 N–H and O–H groups in total. The summed E-state index contributed by atoms with van der Waals surface area (Å²) in [4.78, 5) is 11.8. The van der Waals surface area contributed by atoms with E-state index in [9.17, 15) is 4.79 Å². The molecule has 0 radical (unpaired) electrons. The van der Waals surface area contributed by atoms with Gasteiger partial charge in [-0.2, -0.15) is 0 Å². The zero-order valence-corrected chi connectivity index (χ0v) is 10.1. The SMILES string of the molecule is COC1(OC)NC(=O)c2c(Cl)ccc(Cl)c21. The number of carbonyl (C=O) groups is 1. The molecule has 1 heterocycles. The molecule has 1 aliphatic rings. The van der Waals surface area contributed by atoms with Crippen LogP contribution < -0.4 is 5.32 Å². The Morgan fingerprint density at radius 2 is 1.75 bits per heavy atom. The van der Waals surface area contributed by atoms with Gasteiger partial charge in [-0.25, -0.2) is 0 Å².